The summed E-state index contributed by atoms with van der Waals surface area (Å²) in [4.78, 5) is 7.96. The maximum atomic E-state index is 5.29. The van der Waals surface area contributed by atoms with E-state index >= 15 is 0 Å². The van der Waals surface area contributed by atoms with Crippen molar-refractivity contribution in [3.63, 3.8) is 0 Å². The fourth-order valence-corrected chi connectivity index (χ4v) is 2.65. The van der Waals surface area contributed by atoms with Crippen molar-refractivity contribution in [2.75, 3.05) is 0 Å². The van der Waals surface area contributed by atoms with Crippen molar-refractivity contribution >= 4 is 12.2 Å². The molecule has 0 saturated heterocycles. The average molecular weight is 236 g/mol. The number of rotatable bonds is 1. The molecule has 1 heterocycles. The highest BCUT2D eigenvalue weighted by Crippen LogP contribution is 2.34. The molecule has 3 heteroatoms. The third-order valence-corrected chi connectivity index (χ3v) is 4.22. The van der Waals surface area contributed by atoms with Crippen molar-refractivity contribution in [3.05, 3.63) is 21.7 Å². The van der Waals surface area contributed by atoms with Gasteiger partial charge in [-0.05, 0) is 32.6 Å². The van der Waals surface area contributed by atoms with Gasteiger partial charge in [0.05, 0.1) is 0 Å². The molecule has 1 aliphatic carbocycles. The van der Waals surface area contributed by atoms with E-state index in [1.807, 2.05) is 6.92 Å². The van der Waals surface area contributed by atoms with Crippen LogP contribution in [0.3, 0.4) is 0 Å². The summed E-state index contributed by atoms with van der Waals surface area (Å²) in [7, 11) is 0. The predicted octanol–water partition coefficient (Wildman–Crippen LogP) is 4.05. The van der Waals surface area contributed by atoms with Gasteiger partial charge in [0, 0.05) is 17.2 Å². The Morgan fingerprint density at radius 3 is 2.38 bits per heavy atom. The third-order valence-electron chi connectivity index (χ3n) is 3.82. The molecule has 0 radical (unpaired) electrons. The number of aromatic nitrogens is 2. The van der Waals surface area contributed by atoms with Crippen LogP contribution in [-0.2, 0) is 0 Å². The van der Waals surface area contributed by atoms with Gasteiger partial charge in [-0.1, -0.05) is 32.0 Å². The third kappa shape index (κ3) is 2.34. The van der Waals surface area contributed by atoms with Gasteiger partial charge in [0.1, 0.15) is 10.5 Å². The van der Waals surface area contributed by atoms with Crippen LogP contribution in [0.5, 0.6) is 0 Å². The number of nitrogens with zero attached hydrogens (tertiary/aromatic N) is 1. The minimum absolute atomic E-state index is 0.595. The SMILES string of the molecule is Cc1[nH]c(C2CCC(C)CC2)nc(=S)c1C. The molecule has 0 aromatic carbocycles. The van der Waals surface area contributed by atoms with Crippen LogP contribution in [0.15, 0.2) is 0 Å². The van der Waals surface area contributed by atoms with Gasteiger partial charge in [-0.25, -0.2) is 4.98 Å². The van der Waals surface area contributed by atoms with Crippen LogP contribution >= 0.6 is 12.2 Å². The van der Waals surface area contributed by atoms with Gasteiger partial charge in [-0.3, -0.25) is 0 Å². The highest BCUT2D eigenvalue weighted by Gasteiger charge is 2.21. The molecule has 16 heavy (non-hydrogen) atoms. The molecule has 1 aromatic heterocycles. The van der Waals surface area contributed by atoms with Crippen LogP contribution in [0, 0.1) is 24.4 Å². The number of hydrogen-bond donors (Lipinski definition) is 1. The fraction of sp³-hybridized carbons (Fsp3) is 0.692. The van der Waals surface area contributed by atoms with Crippen molar-refractivity contribution in [1.82, 2.24) is 9.97 Å². The first-order valence-corrected chi connectivity index (χ1v) is 6.56. The Labute approximate surface area is 103 Å². The molecule has 1 saturated carbocycles. The number of aromatic amines is 1. The van der Waals surface area contributed by atoms with Gasteiger partial charge >= 0.3 is 0 Å². The summed E-state index contributed by atoms with van der Waals surface area (Å²) in [6, 6.07) is 0. The molecule has 88 valence electrons. The van der Waals surface area contributed by atoms with Crippen molar-refractivity contribution in [3.8, 4) is 0 Å². The lowest BCUT2D eigenvalue weighted by Gasteiger charge is -2.25. The Bertz CT molecular complexity index is 428. The number of aryl methyl sites for hydroxylation is 1. The molecule has 0 amide bonds. The normalized spacial score (nSPS) is 25.7. The van der Waals surface area contributed by atoms with Crippen molar-refractivity contribution in [2.45, 2.75) is 52.4 Å². The second-order valence-corrected chi connectivity index (χ2v) is 5.52. The summed E-state index contributed by atoms with van der Waals surface area (Å²) in [5, 5.41) is 0. The van der Waals surface area contributed by atoms with E-state index in [2.05, 4.69) is 23.8 Å². The first-order valence-electron chi connectivity index (χ1n) is 6.15. The molecular weight excluding hydrogens is 216 g/mol. The minimum Gasteiger partial charge on any atom is -0.347 e. The van der Waals surface area contributed by atoms with Gasteiger partial charge < -0.3 is 4.98 Å². The first kappa shape index (κ1) is 11.8. The van der Waals surface area contributed by atoms with Crippen LogP contribution in [-0.4, -0.2) is 9.97 Å². The Balaban J connectivity index is 2.24. The molecule has 2 rings (SSSR count). The van der Waals surface area contributed by atoms with Gasteiger partial charge in [0.2, 0.25) is 0 Å². The van der Waals surface area contributed by atoms with Crippen LogP contribution < -0.4 is 0 Å². The predicted molar refractivity (Wildman–Crippen MR) is 69.3 cm³/mol. The summed E-state index contributed by atoms with van der Waals surface area (Å²) in [6.07, 6.45) is 5.14. The molecule has 0 aliphatic heterocycles. The summed E-state index contributed by atoms with van der Waals surface area (Å²) in [6.45, 7) is 6.46. The zero-order valence-electron chi connectivity index (χ0n) is 10.3. The van der Waals surface area contributed by atoms with E-state index in [-0.39, 0.29) is 0 Å². The maximum Gasteiger partial charge on any atom is 0.132 e. The number of nitrogens with one attached hydrogen (secondary N) is 1. The molecule has 0 unspecified atom stereocenters. The number of hydrogen-bond acceptors (Lipinski definition) is 2. The smallest absolute Gasteiger partial charge is 0.132 e. The maximum absolute atomic E-state index is 5.29. The lowest BCUT2D eigenvalue weighted by atomic mass is 9.82. The highest BCUT2D eigenvalue weighted by atomic mass is 32.1. The van der Waals surface area contributed by atoms with E-state index in [1.165, 1.54) is 31.4 Å². The molecule has 0 bridgehead atoms. The van der Waals surface area contributed by atoms with Gasteiger partial charge in [0.25, 0.3) is 0 Å². The van der Waals surface area contributed by atoms with E-state index in [0.717, 1.165) is 21.9 Å². The molecule has 1 aliphatic rings. The summed E-state index contributed by atoms with van der Waals surface area (Å²) < 4.78 is 0.768. The summed E-state index contributed by atoms with van der Waals surface area (Å²) in [5.74, 6) is 2.59. The lowest BCUT2D eigenvalue weighted by Crippen LogP contribution is -2.14. The summed E-state index contributed by atoms with van der Waals surface area (Å²) >= 11 is 5.29. The first-order chi connectivity index (χ1) is 7.58. The van der Waals surface area contributed by atoms with Crippen LogP contribution in [0.1, 0.15) is 55.6 Å². The van der Waals surface area contributed by atoms with E-state index in [1.54, 1.807) is 0 Å². The topological polar surface area (TPSA) is 28.7 Å². The quantitative estimate of drug-likeness (QED) is 0.745. The van der Waals surface area contributed by atoms with Gasteiger partial charge in [0.15, 0.2) is 0 Å². The van der Waals surface area contributed by atoms with Gasteiger partial charge in [-0.2, -0.15) is 0 Å². The molecular formula is C13H20N2S. The van der Waals surface area contributed by atoms with E-state index in [4.69, 9.17) is 12.2 Å². The summed E-state index contributed by atoms with van der Waals surface area (Å²) in [5.41, 5.74) is 2.29. The Morgan fingerprint density at radius 1 is 1.19 bits per heavy atom. The zero-order chi connectivity index (χ0) is 11.7. The van der Waals surface area contributed by atoms with E-state index < -0.39 is 0 Å². The van der Waals surface area contributed by atoms with Gasteiger partial charge in [-0.15, -0.1) is 0 Å². The van der Waals surface area contributed by atoms with Crippen LogP contribution in [0.2, 0.25) is 0 Å². The monoisotopic (exact) mass is 236 g/mol. The van der Waals surface area contributed by atoms with Crippen LogP contribution in [0.25, 0.3) is 0 Å². The van der Waals surface area contributed by atoms with Crippen molar-refractivity contribution in [1.29, 1.82) is 0 Å². The molecule has 1 aromatic rings. The second kappa shape index (κ2) is 4.66. The van der Waals surface area contributed by atoms with Crippen molar-refractivity contribution in [2.24, 2.45) is 5.92 Å². The largest absolute Gasteiger partial charge is 0.347 e. The zero-order valence-corrected chi connectivity index (χ0v) is 11.2. The fourth-order valence-electron chi connectivity index (χ4n) is 2.39. The van der Waals surface area contributed by atoms with Crippen molar-refractivity contribution < 1.29 is 0 Å². The Morgan fingerprint density at radius 2 is 1.81 bits per heavy atom. The molecule has 2 nitrogen and oxygen atoms in total. The van der Waals surface area contributed by atoms with E-state index in [0.29, 0.717) is 5.92 Å². The lowest BCUT2D eigenvalue weighted by molar-refractivity contribution is 0.339. The highest BCUT2D eigenvalue weighted by molar-refractivity contribution is 7.71. The Kier molecular flexibility index (Phi) is 3.43. The average Bonchev–Trinajstić information content (AvgIpc) is 2.26. The minimum atomic E-state index is 0.595. The second-order valence-electron chi connectivity index (χ2n) is 5.13. The number of H-pyrrole nitrogens is 1. The molecule has 0 spiro atoms. The Hall–Kier alpha value is -0.700. The van der Waals surface area contributed by atoms with Crippen LogP contribution in [0.4, 0.5) is 0 Å². The standard InChI is InChI=1S/C13H20N2S/c1-8-4-6-11(7-5-8)12-14-10(3)9(2)13(16)15-12/h8,11H,4-7H2,1-3H3,(H,14,15,16). The molecule has 1 fully saturated rings. The molecule has 1 N–H and O–H groups in total. The van der Waals surface area contributed by atoms with E-state index in [9.17, 15) is 0 Å². The molecule has 0 atom stereocenters.